The van der Waals surface area contributed by atoms with Crippen molar-refractivity contribution in [2.45, 2.75) is 18.5 Å². The number of amides is 2. The highest BCUT2D eigenvalue weighted by Gasteiger charge is 2.36. The molecule has 3 rings (SSSR count). The first-order chi connectivity index (χ1) is 13.0. The van der Waals surface area contributed by atoms with Gasteiger partial charge in [0.15, 0.2) is 5.76 Å². The molecule has 2 aromatic rings. The highest BCUT2D eigenvalue weighted by molar-refractivity contribution is 5.90. The number of carbonyl (C=O) groups is 2. The third-order valence-corrected chi connectivity index (χ3v) is 4.33. The molecule has 140 valence electrons. The number of nitrogens with zero attached hydrogens (tertiary/aromatic N) is 3. The van der Waals surface area contributed by atoms with Crippen molar-refractivity contribution in [2.75, 3.05) is 20.3 Å². The van der Waals surface area contributed by atoms with Gasteiger partial charge in [0, 0.05) is 25.3 Å². The number of likely N-dealkylation sites (tertiary alicyclic amines) is 1. The number of carbonyl (C=O) groups excluding carboxylic acids is 1. The van der Waals surface area contributed by atoms with Crippen molar-refractivity contribution in [3.63, 3.8) is 0 Å². The van der Waals surface area contributed by atoms with Crippen molar-refractivity contribution in [2.24, 2.45) is 0 Å². The molecule has 1 aromatic heterocycles. The average molecular weight is 370 g/mol. The summed E-state index contributed by atoms with van der Waals surface area (Å²) in [5.41, 5.74) is 1.11. The van der Waals surface area contributed by atoms with Crippen LogP contribution in [0.4, 0.5) is 4.79 Å². The molecule has 0 radical (unpaired) electrons. The number of carboxylic acid groups (broad SMARTS) is 1. The maximum Gasteiger partial charge on any atom is 0.407 e. The van der Waals surface area contributed by atoms with Crippen molar-refractivity contribution < 1.29 is 23.8 Å². The summed E-state index contributed by atoms with van der Waals surface area (Å²) in [6.07, 6.45) is 0.811. The molecule has 1 aliphatic heterocycles. The number of methoxy groups -OCH3 is 1. The van der Waals surface area contributed by atoms with Crippen LogP contribution in [0.25, 0.3) is 11.3 Å². The first-order valence-corrected chi connectivity index (χ1v) is 8.27. The Labute approximate surface area is 155 Å². The van der Waals surface area contributed by atoms with Crippen molar-refractivity contribution in [3.05, 3.63) is 41.9 Å². The standard InChI is InChI=1S/C18H18N4O5/c1-26-10-14-6-13(9-22(14)18(24)25)21-16(23)17-20-8-15(27-17)12-4-2-3-11(5-12)7-19/h2-5,8,13-14H,6,9-10H2,1H3,(H,21,23)(H,24,25)/t13-,14+/m1/s1. The minimum Gasteiger partial charge on any atom is -0.465 e. The first kappa shape index (κ1) is 18.4. The molecule has 2 heterocycles. The number of rotatable bonds is 5. The molecule has 2 atom stereocenters. The fourth-order valence-corrected chi connectivity index (χ4v) is 3.11. The van der Waals surface area contributed by atoms with Crippen LogP contribution < -0.4 is 5.32 Å². The van der Waals surface area contributed by atoms with Crippen LogP contribution in [0.2, 0.25) is 0 Å². The summed E-state index contributed by atoms with van der Waals surface area (Å²) in [6, 6.07) is 8.14. The molecule has 0 unspecified atom stereocenters. The molecule has 0 saturated carbocycles. The fourth-order valence-electron chi connectivity index (χ4n) is 3.11. The SMILES string of the molecule is COC[C@@H]1C[C@@H](NC(=O)c2ncc(-c3cccc(C#N)c3)o2)CN1C(=O)O. The highest BCUT2D eigenvalue weighted by atomic mass is 16.5. The van der Waals surface area contributed by atoms with E-state index in [0.29, 0.717) is 23.3 Å². The zero-order chi connectivity index (χ0) is 19.4. The molecule has 1 fully saturated rings. The lowest BCUT2D eigenvalue weighted by Gasteiger charge is -2.19. The van der Waals surface area contributed by atoms with Gasteiger partial charge in [0.2, 0.25) is 0 Å². The second-order valence-corrected chi connectivity index (χ2v) is 6.17. The van der Waals surface area contributed by atoms with E-state index in [0.717, 1.165) is 0 Å². The normalized spacial score (nSPS) is 18.9. The van der Waals surface area contributed by atoms with Crippen LogP contribution in [-0.4, -0.2) is 59.3 Å². The van der Waals surface area contributed by atoms with Gasteiger partial charge in [-0.1, -0.05) is 12.1 Å². The summed E-state index contributed by atoms with van der Waals surface area (Å²) in [6.45, 7) is 0.434. The quantitative estimate of drug-likeness (QED) is 0.819. The monoisotopic (exact) mass is 370 g/mol. The van der Waals surface area contributed by atoms with Crippen LogP contribution in [0.3, 0.4) is 0 Å². The first-order valence-electron chi connectivity index (χ1n) is 8.27. The van der Waals surface area contributed by atoms with Crippen molar-refractivity contribution in [3.8, 4) is 17.4 Å². The second kappa shape index (κ2) is 7.88. The van der Waals surface area contributed by atoms with Crippen LogP contribution in [0.15, 0.2) is 34.9 Å². The van der Waals surface area contributed by atoms with Gasteiger partial charge in [0.1, 0.15) is 0 Å². The zero-order valence-corrected chi connectivity index (χ0v) is 14.6. The van der Waals surface area contributed by atoms with Crippen LogP contribution in [0.1, 0.15) is 22.7 Å². The van der Waals surface area contributed by atoms with Crippen molar-refractivity contribution >= 4 is 12.0 Å². The molecule has 0 bridgehead atoms. The number of benzene rings is 1. The van der Waals surface area contributed by atoms with E-state index in [1.165, 1.54) is 18.2 Å². The lowest BCUT2D eigenvalue weighted by atomic mass is 10.1. The molecule has 9 heteroatoms. The summed E-state index contributed by atoms with van der Waals surface area (Å²) in [4.78, 5) is 28.9. The number of nitrogens with one attached hydrogen (secondary N) is 1. The molecule has 1 saturated heterocycles. The molecule has 2 amide bonds. The molecule has 2 N–H and O–H groups in total. The Morgan fingerprint density at radius 1 is 1.52 bits per heavy atom. The van der Waals surface area contributed by atoms with Crippen molar-refractivity contribution in [1.82, 2.24) is 15.2 Å². The summed E-state index contributed by atoms with van der Waals surface area (Å²) >= 11 is 0. The Morgan fingerprint density at radius 3 is 3.04 bits per heavy atom. The van der Waals surface area contributed by atoms with Gasteiger partial charge in [0.25, 0.3) is 5.89 Å². The van der Waals surface area contributed by atoms with Gasteiger partial charge in [0.05, 0.1) is 30.5 Å². The number of aromatic nitrogens is 1. The Balaban J connectivity index is 1.68. The molecule has 0 aliphatic carbocycles. The predicted molar refractivity (Wildman–Crippen MR) is 92.9 cm³/mol. The van der Waals surface area contributed by atoms with E-state index in [1.54, 1.807) is 24.3 Å². The second-order valence-electron chi connectivity index (χ2n) is 6.17. The number of hydrogen-bond acceptors (Lipinski definition) is 6. The third-order valence-electron chi connectivity index (χ3n) is 4.33. The summed E-state index contributed by atoms with van der Waals surface area (Å²) in [7, 11) is 1.50. The van der Waals surface area contributed by atoms with Gasteiger partial charge >= 0.3 is 12.0 Å². The van der Waals surface area contributed by atoms with Gasteiger partial charge in [-0.3, -0.25) is 4.79 Å². The molecular weight excluding hydrogens is 352 g/mol. The van der Waals surface area contributed by atoms with E-state index in [1.807, 2.05) is 6.07 Å². The molecule has 0 spiro atoms. The zero-order valence-electron chi connectivity index (χ0n) is 14.6. The molecule has 1 aromatic carbocycles. The Kier molecular flexibility index (Phi) is 5.38. The van der Waals surface area contributed by atoms with Crippen molar-refractivity contribution in [1.29, 1.82) is 5.26 Å². The average Bonchev–Trinajstić information content (AvgIpc) is 3.29. The lowest BCUT2D eigenvalue weighted by Crippen LogP contribution is -2.39. The van der Waals surface area contributed by atoms with E-state index in [4.69, 9.17) is 14.4 Å². The topological polar surface area (TPSA) is 129 Å². The minimum atomic E-state index is -1.05. The predicted octanol–water partition coefficient (Wildman–Crippen LogP) is 1.71. The van der Waals surface area contributed by atoms with Gasteiger partial charge in [-0.25, -0.2) is 9.78 Å². The highest BCUT2D eigenvalue weighted by Crippen LogP contribution is 2.22. The summed E-state index contributed by atoms with van der Waals surface area (Å²) in [5, 5.41) is 21.0. The molecule has 1 aliphatic rings. The lowest BCUT2D eigenvalue weighted by molar-refractivity contribution is 0.0900. The van der Waals surface area contributed by atoms with Crippen LogP contribution in [0, 0.1) is 11.3 Å². The number of ether oxygens (including phenoxy) is 1. The number of oxazole rings is 1. The van der Waals surface area contributed by atoms with Gasteiger partial charge < -0.3 is 24.5 Å². The Hall–Kier alpha value is -3.38. The smallest absolute Gasteiger partial charge is 0.407 e. The molecule has 27 heavy (non-hydrogen) atoms. The number of nitriles is 1. The minimum absolute atomic E-state index is 0.121. The van der Waals surface area contributed by atoms with Gasteiger partial charge in [-0.05, 0) is 18.6 Å². The molecular formula is C18H18N4O5. The Bertz CT molecular complexity index is 888. The van der Waals surface area contributed by atoms with E-state index in [-0.39, 0.29) is 31.1 Å². The van der Waals surface area contributed by atoms with Crippen LogP contribution >= 0.6 is 0 Å². The maximum absolute atomic E-state index is 12.4. The maximum atomic E-state index is 12.4. The number of hydrogen-bond donors (Lipinski definition) is 2. The molecule has 9 nitrogen and oxygen atoms in total. The van der Waals surface area contributed by atoms with Crippen LogP contribution in [-0.2, 0) is 4.74 Å². The third kappa shape index (κ3) is 4.07. The Morgan fingerprint density at radius 2 is 2.33 bits per heavy atom. The van der Waals surface area contributed by atoms with E-state index in [9.17, 15) is 14.7 Å². The summed E-state index contributed by atoms with van der Waals surface area (Å²) in [5.74, 6) is -0.274. The van der Waals surface area contributed by atoms with E-state index >= 15 is 0 Å². The van der Waals surface area contributed by atoms with Gasteiger partial charge in [-0.15, -0.1) is 0 Å². The largest absolute Gasteiger partial charge is 0.465 e. The van der Waals surface area contributed by atoms with E-state index in [2.05, 4.69) is 10.3 Å². The summed E-state index contributed by atoms with van der Waals surface area (Å²) < 4.78 is 10.5. The van der Waals surface area contributed by atoms with E-state index < -0.39 is 12.0 Å². The van der Waals surface area contributed by atoms with Crippen LogP contribution in [0.5, 0.6) is 0 Å². The fraction of sp³-hybridized carbons (Fsp3) is 0.333. The van der Waals surface area contributed by atoms with Gasteiger partial charge in [-0.2, -0.15) is 5.26 Å².